The van der Waals surface area contributed by atoms with E-state index >= 15 is 0 Å². The summed E-state index contributed by atoms with van der Waals surface area (Å²) >= 11 is 0. The van der Waals surface area contributed by atoms with Gasteiger partial charge in [-0.25, -0.2) is 14.6 Å². The summed E-state index contributed by atoms with van der Waals surface area (Å²) in [7, 11) is 1.60. The summed E-state index contributed by atoms with van der Waals surface area (Å²) in [6.45, 7) is 2.62. The molecule has 1 amide bonds. The summed E-state index contributed by atoms with van der Waals surface area (Å²) in [6.07, 6.45) is 5.08. The molecule has 0 aliphatic carbocycles. The topological polar surface area (TPSA) is 85.6 Å². The molecule has 0 atom stereocenters. The Labute approximate surface area is 168 Å². The van der Waals surface area contributed by atoms with E-state index < -0.39 is 0 Å². The van der Waals surface area contributed by atoms with Crippen LogP contribution in [0.1, 0.15) is 0 Å². The summed E-state index contributed by atoms with van der Waals surface area (Å²) in [6, 6.07) is 11.0. The van der Waals surface area contributed by atoms with E-state index in [0.29, 0.717) is 43.5 Å². The molecular formula is C20H22N6O3. The first-order chi connectivity index (χ1) is 14.2. The van der Waals surface area contributed by atoms with Crippen LogP contribution in [0, 0.1) is 0 Å². The highest BCUT2D eigenvalue weighted by Crippen LogP contribution is 2.19. The van der Waals surface area contributed by atoms with Crippen LogP contribution in [-0.4, -0.2) is 70.5 Å². The highest BCUT2D eigenvalue weighted by molar-refractivity contribution is 5.78. The number of benzene rings is 1. The maximum Gasteiger partial charge on any atom is 0.260 e. The smallest absolute Gasteiger partial charge is 0.260 e. The Kier molecular flexibility index (Phi) is 5.55. The lowest BCUT2D eigenvalue weighted by Gasteiger charge is -2.35. The number of hydrogen-bond donors (Lipinski definition) is 0. The first kappa shape index (κ1) is 18.7. The molecule has 0 spiro atoms. The van der Waals surface area contributed by atoms with Crippen molar-refractivity contribution in [2.24, 2.45) is 0 Å². The molecule has 0 N–H and O–H groups in total. The fourth-order valence-corrected chi connectivity index (χ4v) is 3.15. The molecule has 0 bridgehead atoms. The zero-order chi connectivity index (χ0) is 20.1. The first-order valence-electron chi connectivity index (χ1n) is 9.34. The Morgan fingerprint density at radius 3 is 2.59 bits per heavy atom. The van der Waals surface area contributed by atoms with Crippen molar-refractivity contribution >= 4 is 11.7 Å². The second-order valence-corrected chi connectivity index (χ2v) is 6.52. The van der Waals surface area contributed by atoms with Crippen molar-refractivity contribution in [2.45, 2.75) is 0 Å². The fourth-order valence-electron chi connectivity index (χ4n) is 3.15. The van der Waals surface area contributed by atoms with Gasteiger partial charge in [0.15, 0.2) is 12.4 Å². The van der Waals surface area contributed by atoms with Crippen LogP contribution in [0.15, 0.2) is 55.1 Å². The third kappa shape index (κ3) is 4.45. The number of carbonyl (C=O) groups excluding carboxylic acids is 1. The van der Waals surface area contributed by atoms with Crippen LogP contribution in [-0.2, 0) is 4.79 Å². The molecule has 1 aliphatic heterocycles. The van der Waals surface area contributed by atoms with Crippen molar-refractivity contribution in [1.29, 1.82) is 0 Å². The Hall–Kier alpha value is -3.62. The van der Waals surface area contributed by atoms with E-state index in [1.54, 1.807) is 30.1 Å². The Bertz CT molecular complexity index is 954. The quantitative estimate of drug-likeness (QED) is 0.625. The number of ether oxygens (including phenoxy) is 2. The number of anilines is 1. The molecule has 0 radical (unpaired) electrons. The molecule has 9 heteroatoms. The van der Waals surface area contributed by atoms with Crippen molar-refractivity contribution in [3.8, 4) is 17.3 Å². The fraction of sp³-hybridized carbons (Fsp3) is 0.300. The third-order valence-electron chi connectivity index (χ3n) is 4.74. The average Bonchev–Trinajstić information content (AvgIpc) is 3.33. The molecule has 9 nitrogen and oxygen atoms in total. The van der Waals surface area contributed by atoms with E-state index in [2.05, 4.69) is 20.0 Å². The monoisotopic (exact) mass is 394 g/mol. The molecule has 1 saturated heterocycles. The predicted octanol–water partition coefficient (Wildman–Crippen LogP) is 1.40. The molecule has 3 heterocycles. The van der Waals surface area contributed by atoms with Gasteiger partial charge < -0.3 is 19.3 Å². The van der Waals surface area contributed by atoms with E-state index in [1.165, 1.54) is 6.33 Å². The molecule has 29 heavy (non-hydrogen) atoms. The number of rotatable bonds is 6. The number of aromatic nitrogens is 4. The van der Waals surface area contributed by atoms with Gasteiger partial charge in [0.05, 0.1) is 7.11 Å². The minimum atomic E-state index is -0.0348. The van der Waals surface area contributed by atoms with Gasteiger partial charge >= 0.3 is 0 Å². The lowest BCUT2D eigenvalue weighted by atomic mass is 10.3. The minimum Gasteiger partial charge on any atom is -0.497 e. The highest BCUT2D eigenvalue weighted by Gasteiger charge is 2.22. The molecular weight excluding hydrogens is 372 g/mol. The minimum absolute atomic E-state index is 0.00409. The number of hydrogen-bond acceptors (Lipinski definition) is 7. The standard InChI is InChI=1S/C20H22N6O3/c1-28-16-4-2-5-17(12-16)29-14-20(27)25-10-8-24(9-11-25)18-13-19(22-15-21-18)26-7-3-6-23-26/h2-7,12-13,15H,8-11,14H2,1H3. The van der Waals surface area contributed by atoms with Crippen molar-refractivity contribution in [3.63, 3.8) is 0 Å². The van der Waals surface area contributed by atoms with Crippen molar-refractivity contribution in [2.75, 3.05) is 44.8 Å². The summed E-state index contributed by atoms with van der Waals surface area (Å²) in [4.78, 5) is 25.1. The highest BCUT2D eigenvalue weighted by atomic mass is 16.5. The lowest BCUT2D eigenvalue weighted by molar-refractivity contribution is -0.133. The van der Waals surface area contributed by atoms with E-state index in [9.17, 15) is 4.79 Å². The normalized spacial score (nSPS) is 14.0. The average molecular weight is 394 g/mol. The van der Waals surface area contributed by atoms with Crippen LogP contribution in [0.3, 0.4) is 0 Å². The second-order valence-electron chi connectivity index (χ2n) is 6.52. The van der Waals surface area contributed by atoms with E-state index in [0.717, 1.165) is 5.82 Å². The number of amides is 1. The third-order valence-corrected chi connectivity index (χ3v) is 4.74. The van der Waals surface area contributed by atoms with Gasteiger partial charge in [0.1, 0.15) is 23.6 Å². The summed E-state index contributed by atoms with van der Waals surface area (Å²) in [5.74, 6) is 2.81. The maximum absolute atomic E-state index is 12.5. The van der Waals surface area contributed by atoms with Gasteiger partial charge in [-0.15, -0.1) is 0 Å². The molecule has 0 saturated carbocycles. The molecule has 2 aromatic heterocycles. The van der Waals surface area contributed by atoms with Gasteiger partial charge in [-0.3, -0.25) is 4.79 Å². The summed E-state index contributed by atoms with van der Waals surface area (Å²) in [5.41, 5.74) is 0. The van der Waals surface area contributed by atoms with E-state index in [-0.39, 0.29) is 12.5 Å². The van der Waals surface area contributed by atoms with Crippen LogP contribution < -0.4 is 14.4 Å². The zero-order valence-corrected chi connectivity index (χ0v) is 16.1. The largest absolute Gasteiger partial charge is 0.497 e. The van der Waals surface area contributed by atoms with Gasteiger partial charge in [0, 0.05) is 50.7 Å². The summed E-state index contributed by atoms with van der Waals surface area (Å²) in [5, 5.41) is 4.20. The molecule has 4 rings (SSSR count). The molecule has 1 fully saturated rings. The van der Waals surface area contributed by atoms with Crippen molar-refractivity contribution in [3.05, 3.63) is 55.1 Å². The Balaban J connectivity index is 1.31. The van der Waals surface area contributed by atoms with Gasteiger partial charge in [-0.2, -0.15) is 5.10 Å². The first-order valence-corrected chi connectivity index (χ1v) is 9.34. The number of nitrogens with zero attached hydrogens (tertiary/aromatic N) is 6. The van der Waals surface area contributed by atoms with Crippen LogP contribution in [0.4, 0.5) is 5.82 Å². The molecule has 1 aliphatic rings. The van der Waals surface area contributed by atoms with E-state index in [1.807, 2.05) is 35.4 Å². The maximum atomic E-state index is 12.5. The lowest BCUT2D eigenvalue weighted by Crippen LogP contribution is -2.50. The summed E-state index contributed by atoms with van der Waals surface area (Å²) < 4.78 is 12.5. The van der Waals surface area contributed by atoms with E-state index in [4.69, 9.17) is 9.47 Å². The zero-order valence-electron chi connectivity index (χ0n) is 16.1. The molecule has 0 unspecified atom stereocenters. The Morgan fingerprint density at radius 1 is 1.03 bits per heavy atom. The molecule has 1 aromatic carbocycles. The Morgan fingerprint density at radius 2 is 1.83 bits per heavy atom. The van der Waals surface area contributed by atoms with Crippen molar-refractivity contribution in [1.82, 2.24) is 24.6 Å². The molecule has 150 valence electrons. The van der Waals surface area contributed by atoms with Gasteiger partial charge in [-0.05, 0) is 18.2 Å². The van der Waals surface area contributed by atoms with Crippen LogP contribution in [0.2, 0.25) is 0 Å². The SMILES string of the molecule is COc1cccc(OCC(=O)N2CCN(c3cc(-n4cccn4)ncn3)CC2)c1. The van der Waals surface area contributed by atoms with Crippen LogP contribution in [0.5, 0.6) is 11.5 Å². The van der Waals surface area contributed by atoms with Crippen LogP contribution in [0.25, 0.3) is 5.82 Å². The number of carbonyl (C=O) groups is 1. The number of piperazine rings is 1. The van der Waals surface area contributed by atoms with Gasteiger partial charge in [-0.1, -0.05) is 6.07 Å². The number of methoxy groups -OCH3 is 1. The molecule has 3 aromatic rings. The van der Waals surface area contributed by atoms with Crippen LogP contribution >= 0.6 is 0 Å². The van der Waals surface area contributed by atoms with Gasteiger partial charge in [0.2, 0.25) is 0 Å². The second kappa shape index (κ2) is 8.59. The predicted molar refractivity (Wildman–Crippen MR) is 106 cm³/mol. The van der Waals surface area contributed by atoms with Gasteiger partial charge in [0.25, 0.3) is 5.91 Å². The van der Waals surface area contributed by atoms with Crippen molar-refractivity contribution < 1.29 is 14.3 Å².